The SMILES string of the molecule is Cc1ccc(S(=O)N2CCC(n3c(-c4ccccc4)nc4cccnc43)CC2)cc1. The number of nitrogens with zero attached hydrogens (tertiary/aromatic N) is 4. The van der Waals surface area contributed by atoms with Gasteiger partial charge in [0.05, 0.1) is 4.90 Å². The van der Waals surface area contributed by atoms with Gasteiger partial charge < -0.3 is 4.57 Å². The van der Waals surface area contributed by atoms with Crippen LogP contribution in [-0.2, 0) is 11.0 Å². The molecule has 2 aromatic carbocycles. The second-order valence-corrected chi connectivity index (χ2v) is 9.23. The molecule has 6 heteroatoms. The van der Waals surface area contributed by atoms with Crippen LogP contribution in [0.4, 0.5) is 0 Å². The van der Waals surface area contributed by atoms with E-state index in [0.717, 1.165) is 53.4 Å². The van der Waals surface area contributed by atoms with Crippen molar-refractivity contribution in [2.45, 2.75) is 30.7 Å². The number of hydrogen-bond donors (Lipinski definition) is 0. The molecule has 0 spiro atoms. The fourth-order valence-electron chi connectivity index (χ4n) is 4.14. The van der Waals surface area contributed by atoms with E-state index in [-0.39, 0.29) is 6.04 Å². The van der Waals surface area contributed by atoms with Gasteiger partial charge in [0.25, 0.3) is 0 Å². The molecule has 1 aliphatic heterocycles. The summed E-state index contributed by atoms with van der Waals surface area (Å²) in [5.41, 5.74) is 4.13. The van der Waals surface area contributed by atoms with E-state index in [0.29, 0.717) is 0 Å². The van der Waals surface area contributed by atoms with Crippen LogP contribution in [0.1, 0.15) is 24.4 Å². The first-order valence-corrected chi connectivity index (χ1v) is 11.4. The van der Waals surface area contributed by atoms with Crippen LogP contribution in [-0.4, -0.2) is 36.1 Å². The highest BCUT2D eigenvalue weighted by Crippen LogP contribution is 2.33. The van der Waals surface area contributed by atoms with Gasteiger partial charge in [-0.15, -0.1) is 0 Å². The summed E-state index contributed by atoms with van der Waals surface area (Å²) in [6.07, 6.45) is 3.66. The molecule has 2 aromatic heterocycles. The zero-order valence-electron chi connectivity index (χ0n) is 16.9. The molecule has 5 rings (SSSR count). The molecule has 3 heterocycles. The average molecular weight is 417 g/mol. The standard InChI is InChI=1S/C24H24N4OS/c1-18-9-11-21(12-10-18)30(29)27-16-13-20(14-17-27)28-23(19-6-3-2-4-7-19)26-22-8-5-15-25-24(22)28/h2-12,15,20H,13-14,16-17H2,1H3. The van der Waals surface area contributed by atoms with Crippen molar-refractivity contribution in [1.82, 2.24) is 18.8 Å². The van der Waals surface area contributed by atoms with Crippen molar-refractivity contribution >= 4 is 22.1 Å². The number of rotatable bonds is 4. The highest BCUT2D eigenvalue weighted by Gasteiger charge is 2.28. The van der Waals surface area contributed by atoms with Gasteiger partial charge in [0.15, 0.2) is 5.65 Å². The van der Waals surface area contributed by atoms with E-state index in [9.17, 15) is 4.21 Å². The Bertz CT molecular complexity index is 1180. The smallest absolute Gasteiger partial charge is 0.160 e. The highest BCUT2D eigenvalue weighted by molar-refractivity contribution is 7.82. The molecule has 0 radical (unpaired) electrons. The zero-order chi connectivity index (χ0) is 20.5. The molecular weight excluding hydrogens is 392 g/mol. The first-order valence-electron chi connectivity index (χ1n) is 10.3. The summed E-state index contributed by atoms with van der Waals surface area (Å²) in [4.78, 5) is 10.4. The van der Waals surface area contributed by atoms with Gasteiger partial charge >= 0.3 is 0 Å². The number of aromatic nitrogens is 3. The van der Waals surface area contributed by atoms with Crippen LogP contribution in [0.2, 0.25) is 0 Å². The molecule has 5 nitrogen and oxygen atoms in total. The van der Waals surface area contributed by atoms with Crippen LogP contribution >= 0.6 is 0 Å². The average Bonchev–Trinajstić information content (AvgIpc) is 3.19. The largest absolute Gasteiger partial charge is 0.305 e. The minimum absolute atomic E-state index is 0.284. The minimum Gasteiger partial charge on any atom is -0.305 e. The van der Waals surface area contributed by atoms with Crippen molar-refractivity contribution in [2.75, 3.05) is 13.1 Å². The molecule has 1 unspecified atom stereocenters. The first-order chi connectivity index (χ1) is 14.7. The van der Waals surface area contributed by atoms with Crippen LogP contribution < -0.4 is 0 Å². The minimum atomic E-state index is -1.12. The Morgan fingerprint density at radius 2 is 1.67 bits per heavy atom. The van der Waals surface area contributed by atoms with Gasteiger partial charge in [0, 0.05) is 30.9 Å². The second-order valence-electron chi connectivity index (χ2n) is 7.74. The Kier molecular flexibility index (Phi) is 5.19. The summed E-state index contributed by atoms with van der Waals surface area (Å²) in [5.74, 6) is 0.961. The maximum atomic E-state index is 13.0. The molecular formula is C24H24N4OS. The van der Waals surface area contributed by atoms with Crippen molar-refractivity contribution < 1.29 is 4.21 Å². The van der Waals surface area contributed by atoms with Crippen molar-refractivity contribution in [3.8, 4) is 11.4 Å². The van der Waals surface area contributed by atoms with Gasteiger partial charge in [0.2, 0.25) is 0 Å². The third-order valence-electron chi connectivity index (χ3n) is 5.73. The van der Waals surface area contributed by atoms with Gasteiger partial charge in [0.1, 0.15) is 22.3 Å². The number of imidazole rings is 1. The van der Waals surface area contributed by atoms with E-state index >= 15 is 0 Å². The summed E-state index contributed by atoms with van der Waals surface area (Å²) >= 11 is 0. The van der Waals surface area contributed by atoms with Crippen LogP contribution in [0.5, 0.6) is 0 Å². The summed E-state index contributed by atoms with van der Waals surface area (Å²) < 4.78 is 17.4. The fourth-order valence-corrected chi connectivity index (χ4v) is 5.35. The Morgan fingerprint density at radius 1 is 0.933 bits per heavy atom. The van der Waals surface area contributed by atoms with E-state index in [4.69, 9.17) is 4.98 Å². The second kappa shape index (κ2) is 8.13. The Balaban J connectivity index is 1.42. The lowest BCUT2D eigenvalue weighted by Gasteiger charge is -2.32. The molecule has 1 aliphatic rings. The van der Waals surface area contributed by atoms with Crippen molar-refractivity contribution in [3.05, 3.63) is 78.5 Å². The third-order valence-corrected chi connectivity index (χ3v) is 7.24. The fraction of sp³-hybridized carbons (Fsp3) is 0.250. The molecule has 1 atom stereocenters. The number of fused-ring (bicyclic) bond motifs is 1. The maximum absolute atomic E-state index is 13.0. The lowest BCUT2D eigenvalue weighted by Crippen LogP contribution is -2.36. The number of aryl methyl sites for hydroxylation is 1. The third kappa shape index (κ3) is 3.57. The molecule has 0 N–H and O–H groups in total. The Hall–Kier alpha value is -2.83. The molecule has 1 fully saturated rings. The predicted molar refractivity (Wildman–Crippen MR) is 120 cm³/mol. The summed E-state index contributed by atoms with van der Waals surface area (Å²) in [6.45, 7) is 3.61. The normalized spacial score (nSPS) is 16.7. The van der Waals surface area contributed by atoms with Crippen LogP contribution in [0, 0.1) is 6.92 Å². The Morgan fingerprint density at radius 3 is 2.40 bits per heavy atom. The van der Waals surface area contributed by atoms with E-state index in [1.807, 2.05) is 67.7 Å². The molecule has 0 saturated carbocycles. The molecule has 0 bridgehead atoms. The predicted octanol–water partition coefficient (Wildman–Crippen LogP) is 4.77. The van der Waals surface area contributed by atoms with Crippen molar-refractivity contribution in [2.24, 2.45) is 0 Å². The number of piperidine rings is 1. The van der Waals surface area contributed by atoms with E-state index in [2.05, 4.69) is 26.0 Å². The zero-order valence-corrected chi connectivity index (χ0v) is 17.8. The van der Waals surface area contributed by atoms with Gasteiger partial charge in [-0.3, -0.25) is 0 Å². The van der Waals surface area contributed by atoms with E-state index in [1.54, 1.807) is 0 Å². The van der Waals surface area contributed by atoms with Gasteiger partial charge in [-0.2, -0.15) is 0 Å². The van der Waals surface area contributed by atoms with Crippen molar-refractivity contribution in [1.29, 1.82) is 0 Å². The summed E-state index contributed by atoms with van der Waals surface area (Å²) in [7, 11) is -1.12. The van der Waals surface area contributed by atoms with Crippen LogP contribution in [0.15, 0.2) is 77.8 Å². The quantitative estimate of drug-likeness (QED) is 0.482. The van der Waals surface area contributed by atoms with Crippen LogP contribution in [0.3, 0.4) is 0 Å². The number of hydrogen-bond acceptors (Lipinski definition) is 3. The first kappa shape index (κ1) is 19.2. The number of benzene rings is 2. The van der Waals surface area contributed by atoms with Gasteiger partial charge in [-0.05, 0) is 44.0 Å². The molecule has 152 valence electrons. The van der Waals surface area contributed by atoms with Gasteiger partial charge in [-0.1, -0.05) is 48.0 Å². The van der Waals surface area contributed by atoms with Crippen LogP contribution in [0.25, 0.3) is 22.6 Å². The summed E-state index contributed by atoms with van der Waals surface area (Å²) in [5, 5.41) is 0. The van der Waals surface area contributed by atoms with Gasteiger partial charge in [-0.25, -0.2) is 18.5 Å². The highest BCUT2D eigenvalue weighted by atomic mass is 32.2. The topological polar surface area (TPSA) is 51.0 Å². The monoisotopic (exact) mass is 416 g/mol. The number of pyridine rings is 1. The molecule has 0 aliphatic carbocycles. The molecule has 30 heavy (non-hydrogen) atoms. The van der Waals surface area contributed by atoms with Crippen molar-refractivity contribution in [3.63, 3.8) is 0 Å². The molecule has 1 saturated heterocycles. The lowest BCUT2D eigenvalue weighted by atomic mass is 10.1. The summed E-state index contributed by atoms with van der Waals surface area (Å²) in [6, 6.07) is 22.5. The Labute approximate surface area is 179 Å². The maximum Gasteiger partial charge on any atom is 0.160 e. The van der Waals surface area contributed by atoms with E-state index < -0.39 is 11.0 Å². The molecule has 0 amide bonds. The van der Waals surface area contributed by atoms with E-state index in [1.165, 1.54) is 5.56 Å². The lowest BCUT2D eigenvalue weighted by molar-refractivity contribution is 0.288. The molecule has 4 aromatic rings.